The van der Waals surface area contributed by atoms with Gasteiger partial charge in [0.2, 0.25) is 0 Å². The van der Waals surface area contributed by atoms with Crippen LogP contribution in [-0.2, 0) is 12.3 Å². The average Bonchev–Trinajstić information content (AvgIpc) is 3.38. The van der Waals surface area contributed by atoms with Crippen LogP contribution in [-0.4, -0.2) is 30.8 Å². The minimum atomic E-state index is -0.949. The van der Waals surface area contributed by atoms with Gasteiger partial charge in [0.05, 0.1) is 5.56 Å². The maximum absolute atomic E-state index is 13.2. The summed E-state index contributed by atoms with van der Waals surface area (Å²) in [5.41, 5.74) is 4.98. The number of benzene rings is 3. The largest absolute Gasteiger partial charge is 0.478 e. The third kappa shape index (κ3) is 5.31. The Hall–Kier alpha value is -4.17. The molecule has 1 aliphatic carbocycles. The normalized spacial score (nSPS) is 14.0. The Labute approximate surface area is 236 Å². The summed E-state index contributed by atoms with van der Waals surface area (Å²) in [4.78, 5) is 30.0. The van der Waals surface area contributed by atoms with E-state index in [1.165, 1.54) is 12.0 Å². The fourth-order valence-electron chi connectivity index (χ4n) is 5.61. The van der Waals surface area contributed by atoms with Crippen LogP contribution in [0.2, 0.25) is 0 Å². The molecule has 6 rings (SSSR count). The smallest absolute Gasteiger partial charge is 0.336 e. The highest BCUT2D eigenvalue weighted by molar-refractivity contribution is 7.98. The lowest BCUT2D eigenvalue weighted by Crippen LogP contribution is -2.17. The van der Waals surface area contributed by atoms with Crippen molar-refractivity contribution in [2.45, 2.75) is 55.3 Å². The van der Waals surface area contributed by atoms with Gasteiger partial charge in [0, 0.05) is 18.2 Å². The van der Waals surface area contributed by atoms with Crippen molar-refractivity contribution < 1.29 is 9.90 Å². The third-order valence-electron chi connectivity index (χ3n) is 7.63. The predicted molar refractivity (Wildman–Crippen MR) is 158 cm³/mol. The van der Waals surface area contributed by atoms with Crippen LogP contribution in [0.4, 0.5) is 0 Å². The number of thioether (sulfide) groups is 1. The first-order valence-electron chi connectivity index (χ1n) is 13.7. The van der Waals surface area contributed by atoms with Crippen molar-refractivity contribution in [1.29, 1.82) is 0 Å². The van der Waals surface area contributed by atoms with Gasteiger partial charge in [-0.2, -0.15) is 5.10 Å². The van der Waals surface area contributed by atoms with Crippen LogP contribution < -0.4 is 5.56 Å². The van der Waals surface area contributed by atoms with Gasteiger partial charge in [-0.15, -0.1) is 0 Å². The lowest BCUT2D eigenvalue weighted by molar-refractivity contribution is 0.0697. The summed E-state index contributed by atoms with van der Waals surface area (Å²) in [6, 6.07) is 25.1. The van der Waals surface area contributed by atoms with Crippen LogP contribution in [0.1, 0.15) is 65.3 Å². The van der Waals surface area contributed by atoms with Gasteiger partial charge in [0.25, 0.3) is 5.56 Å². The summed E-state index contributed by atoms with van der Waals surface area (Å²) >= 11 is 1.58. The maximum atomic E-state index is 13.2. The molecule has 2 heterocycles. The molecule has 2 N–H and O–H groups in total. The Morgan fingerprint density at radius 2 is 1.65 bits per heavy atom. The maximum Gasteiger partial charge on any atom is 0.336 e. The highest BCUT2D eigenvalue weighted by Gasteiger charge is 2.26. The fourth-order valence-corrected chi connectivity index (χ4v) is 6.49. The Morgan fingerprint density at radius 3 is 2.40 bits per heavy atom. The Morgan fingerprint density at radius 1 is 0.925 bits per heavy atom. The average molecular weight is 551 g/mol. The summed E-state index contributed by atoms with van der Waals surface area (Å²) in [6.45, 7) is 0.499. The topological polar surface area (TPSA) is 101 Å². The molecule has 3 aromatic carbocycles. The number of aromatic amines is 1. The number of imidazole rings is 1. The molecule has 5 aromatic rings. The molecule has 1 saturated carbocycles. The van der Waals surface area contributed by atoms with Crippen molar-refractivity contribution in [1.82, 2.24) is 19.7 Å². The molecule has 0 spiro atoms. The van der Waals surface area contributed by atoms with Crippen LogP contribution in [0.15, 0.2) is 88.7 Å². The Bertz CT molecular complexity index is 1700. The molecule has 1 aliphatic rings. The minimum absolute atomic E-state index is 0.236. The van der Waals surface area contributed by atoms with E-state index in [-0.39, 0.29) is 11.1 Å². The molecule has 0 radical (unpaired) electrons. The molecule has 0 saturated heterocycles. The zero-order valence-electron chi connectivity index (χ0n) is 22.0. The van der Waals surface area contributed by atoms with Crippen molar-refractivity contribution in [2.75, 3.05) is 0 Å². The zero-order valence-corrected chi connectivity index (χ0v) is 22.9. The molecule has 0 bridgehead atoms. The molecular formula is C32H30N4O3S. The first kappa shape index (κ1) is 26.1. The van der Waals surface area contributed by atoms with Crippen molar-refractivity contribution in [3.63, 3.8) is 0 Å². The molecule has 1 fully saturated rings. The van der Waals surface area contributed by atoms with Crippen LogP contribution in [0.3, 0.4) is 0 Å². The number of nitrogens with one attached hydrogen (secondary N) is 1. The van der Waals surface area contributed by atoms with Crippen LogP contribution in [0.25, 0.3) is 22.2 Å². The van der Waals surface area contributed by atoms with Crippen molar-refractivity contribution in [3.8, 4) is 11.1 Å². The molecule has 0 unspecified atom stereocenters. The number of carboxylic acids is 1. The van der Waals surface area contributed by atoms with E-state index >= 15 is 0 Å². The minimum Gasteiger partial charge on any atom is -0.478 e. The summed E-state index contributed by atoms with van der Waals surface area (Å²) in [5.74, 6) is 1.04. The van der Waals surface area contributed by atoms with E-state index < -0.39 is 5.97 Å². The fraction of sp³-hybridized carbons (Fsp3) is 0.250. The number of aromatic nitrogens is 4. The second kappa shape index (κ2) is 11.5. The number of fused-ring (bicyclic) bond motifs is 1. The SMILES string of the molecule is O=C(O)c1ccccc1-c1ccc(Cn2c(C3CCCCC3)nc3c(SCc4ccccc4)n[nH]c(=O)c32)cc1. The van der Waals surface area contributed by atoms with Gasteiger partial charge in [0.1, 0.15) is 21.9 Å². The summed E-state index contributed by atoms with van der Waals surface area (Å²) in [5, 5.41) is 17.5. The van der Waals surface area contributed by atoms with E-state index in [0.29, 0.717) is 29.1 Å². The number of rotatable bonds is 8. The monoisotopic (exact) mass is 550 g/mol. The first-order valence-corrected chi connectivity index (χ1v) is 14.6. The van der Waals surface area contributed by atoms with Gasteiger partial charge in [0.15, 0.2) is 0 Å². The first-order chi connectivity index (χ1) is 19.6. The van der Waals surface area contributed by atoms with E-state index in [1.807, 2.05) is 54.6 Å². The van der Waals surface area contributed by atoms with Crippen LogP contribution in [0, 0.1) is 0 Å². The van der Waals surface area contributed by atoms with E-state index in [9.17, 15) is 14.7 Å². The van der Waals surface area contributed by atoms with E-state index in [2.05, 4.69) is 26.9 Å². The summed E-state index contributed by atoms with van der Waals surface area (Å²) < 4.78 is 2.08. The second-order valence-electron chi connectivity index (χ2n) is 10.3. The van der Waals surface area contributed by atoms with Crippen LogP contribution >= 0.6 is 11.8 Å². The number of H-pyrrole nitrogens is 1. The van der Waals surface area contributed by atoms with Gasteiger partial charge in [-0.05, 0) is 41.2 Å². The molecule has 2 aromatic heterocycles. The molecule has 0 atom stereocenters. The highest BCUT2D eigenvalue weighted by Crippen LogP contribution is 2.36. The van der Waals surface area contributed by atoms with Gasteiger partial charge in [-0.25, -0.2) is 14.9 Å². The van der Waals surface area contributed by atoms with E-state index in [1.54, 1.807) is 23.9 Å². The van der Waals surface area contributed by atoms with Gasteiger partial charge >= 0.3 is 5.97 Å². The summed E-state index contributed by atoms with van der Waals surface area (Å²) in [7, 11) is 0. The molecule has 0 amide bonds. The highest BCUT2D eigenvalue weighted by atomic mass is 32.2. The van der Waals surface area contributed by atoms with E-state index in [0.717, 1.165) is 53.4 Å². The predicted octanol–water partition coefficient (Wildman–Crippen LogP) is 6.87. The van der Waals surface area contributed by atoms with Gasteiger partial charge < -0.3 is 9.67 Å². The van der Waals surface area contributed by atoms with Crippen molar-refractivity contribution >= 4 is 28.8 Å². The van der Waals surface area contributed by atoms with Crippen molar-refractivity contribution in [2.24, 2.45) is 0 Å². The summed E-state index contributed by atoms with van der Waals surface area (Å²) in [6.07, 6.45) is 5.68. The van der Waals surface area contributed by atoms with Gasteiger partial charge in [-0.3, -0.25) is 4.79 Å². The Balaban J connectivity index is 1.38. The third-order valence-corrected chi connectivity index (χ3v) is 8.66. The quantitative estimate of drug-likeness (QED) is 0.204. The van der Waals surface area contributed by atoms with E-state index in [4.69, 9.17) is 4.98 Å². The van der Waals surface area contributed by atoms with Crippen molar-refractivity contribution in [3.05, 3.63) is 112 Å². The molecule has 8 heteroatoms. The molecule has 0 aliphatic heterocycles. The molecular weight excluding hydrogens is 520 g/mol. The lowest BCUT2D eigenvalue weighted by Gasteiger charge is -2.22. The standard InChI is InChI=1S/C32H30N4O3S/c37-30-28-27(31(35-34-30)40-20-22-9-3-1-4-10-22)33-29(24-11-5-2-6-12-24)36(28)19-21-15-17-23(18-16-21)25-13-7-8-14-26(25)32(38)39/h1,3-4,7-10,13-18,24H,2,5-6,11-12,19-20H2,(H,34,37)(H,38,39). The lowest BCUT2D eigenvalue weighted by atomic mass is 9.88. The van der Waals surface area contributed by atoms with Gasteiger partial charge in [-0.1, -0.05) is 104 Å². The number of carboxylic acid groups (broad SMARTS) is 1. The number of carbonyl (C=O) groups is 1. The molecule has 7 nitrogen and oxygen atoms in total. The number of nitrogens with zero attached hydrogens (tertiary/aromatic N) is 3. The second-order valence-corrected chi connectivity index (χ2v) is 11.2. The molecule has 40 heavy (non-hydrogen) atoms. The number of hydrogen-bond donors (Lipinski definition) is 2. The number of hydrogen-bond acceptors (Lipinski definition) is 5. The number of aromatic carboxylic acids is 1. The van der Waals surface area contributed by atoms with Crippen LogP contribution in [0.5, 0.6) is 0 Å². The Kier molecular flexibility index (Phi) is 7.51. The zero-order chi connectivity index (χ0) is 27.5. The molecule has 202 valence electrons.